The van der Waals surface area contributed by atoms with E-state index in [1.54, 1.807) is 0 Å². The molecule has 6 rings (SSSR count). The van der Waals surface area contributed by atoms with Gasteiger partial charge in [-0.25, -0.2) is 4.98 Å². The van der Waals surface area contributed by atoms with Crippen molar-refractivity contribution in [2.75, 3.05) is 0 Å². The zero-order valence-electron chi connectivity index (χ0n) is 15.2. The molecule has 4 aliphatic rings. The number of fused-ring (bicyclic) bond motifs is 1. The van der Waals surface area contributed by atoms with E-state index in [-0.39, 0.29) is 11.3 Å². The summed E-state index contributed by atoms with van der Waals surface area (Å²) in [5, 5.41) is 3.22. The quantitative estimate of drug-likeness (QED) is 0.883. The summed E-state index contributed by atoms with van der Waals surface area (Å²) in [5.41, 5.74) is 2.58. The Hall–Kier alpha value is -1.84. The molecule has 4 fully saturated rings. The summed E-state index contributed by atoms with van der Waals surface area (Å²) in [6.45, 7) is 5.32. The van der Waals surface area contributed by atoms with Crippen LogP contribution >= 0.6 is 0 Å². The van der Waals surface area contributed by atoms with Gasteiger partial charge in [0.05, 0.1) is 23.0 Å². The number of imidazole rings is 1. The monoisotopic (exact) mass is 337 g/mol. The molecular weight excluding hydrogens is 310 g/mol. The van der Waals surface area contributed by atoms with Gasteiger partial charge in [-0.05, 0) is 67.4 Å². The van der Waals surface area contributed by atoms with E-state index in [1.807, 2.05) is 24.3 Å². The first-order valence-corrected chi connectivity index (χ1v) is 9.59. The molecule has 2 aromatic rings. The molecule has 0 aliphatic heterocycles. The van der Waals surface area contributed by atoms with Crippen molar-refractivity contribution in [2.24, 2.45) is 22.2 Å². The molecule has 25 heavy (non-hydrogen) atoms. The van der Waals surface area contributed by atoms with Crippen molar-refractivity contribution in [2.45, 2.75) is 58.9 Å². The molecule has 1 amide bonds. The molecule has 0 radical (unpaired) electrons. The maximum Gasteiger partial charge on any atom is 0.226 e. The summed E-state index contributed by atoms with van der Waals surface area (Å²) >= 11 is 0. The first-order chi connectivity index (χ1) is 11.9. The molecular formula is C21H27N3O. The predicted octanol–water partition coefficient (Wildman–Crippen LogP) is 4.18. The van der Waals surface area contributed by atoms with E-state index in [9.17, 15) is 4.79 Å². The highest BCUT2D eigenvalue weighted by molar-refractivity contribution is 5.83. The number of carbonyl (C=O) groups is 1. The molecule has 4 heteroatoms. The van der Waals surface area contributed by atoms with Crippen molar-refractivity contribution in [3.8, 4) is 0 Å². The second-order valence-corrected chi connectivity index (χ2v) is 9.79. The number of aromatic nitrogens is 2. The Morgan fingerprint density at radius 3 is 2.56 bits per heavy atom. The van der Waals surface area contributed by atoms with Gasteiger partial charge in [0.2, 0.25) is 5.91 Å². The minimum Gasteiger partial charge on any atom is -0.348 e. The maximum absolute atomic E-state index is 13.2. The molecule has 4 saturated carbocycles. The number of hydrogen-bond donors (Lipinski definition) is 2. The fraction of sp³-hybridized carbons (Fsp3) is 0.619. The fourth-order valence-electron chi connectivity index (χ4n) is 7.14. The summed E-state index contributed by atoms with van der Waals surface area (Å²) in [6.07, 6.45) is 7.16. The number of hydrogen-bond acceptors (Lipinski definition) is 2. The molecule has 1 heterocycles. The molecule has 0 saturated heterocycles. The number of nitrogens with one attached hydrogen (secondary N) is 2. The van der Waals surface area contributed by atoms with Gasteiger partial charge in [0.25, 0.3) is 0 Å². The van der Waals surface area contributed by atoms with Gasteiger partial charge in [-0.3, -0.25) is 4.79 Å². The van der Waals surface area contributed by atoms with Crippen LogP contribution in [-0.2, 0) is 11.3 Å². The van der Waals surface area contributed by atoms with Crippen LogP contribution in [0.4, 0.5) is 0 Å². The lowest BCUT2D eigenvalue weighted by atomic mass is 9.40. The van der Waals surface area contributed by atoms with Crippen LogP contribution in [0.1, 0.15) is 58.2 Å². The number of aromatic amines is 1. The van der Waals surface area contributed by atoms with Crippen molar-refractivity contribution in [1.29, 1.82) is 0 Å². The minimum absolute atomic E-state index is 0.144. The van der Waals surface area contributed by atoms with Gasteiger partial charge >= 0.3 is 0 Å². The highest BCUT2D eigenvalue weighted by Gasteiger charge is 2.62. The first-order valence-electron chi connectivity index (χ1n) is 9.59. The van der Waals surface area contributed by atoms with Crippen LogP contribution in [0, 0.1) is 22.2 Å². The Morgan fingerprint density at radius 1 is 1.16 bits per heavy atom. The smallest absolute Gasteiger partial charge is 0.226 e. The lowest BCUT2D eigenvalue weighted by Gasteiger charge is -2.64. The van der Waals surface area contributed by atoms with Crippen LogP contribution in [0.25, 0.3) is 11.0 Å². The second-order valence-electron chi connectivity index (χ2n) is 9.79. The fourth-order valence-corrected chi connectivity index (χ4v) is 7.14. The average Bonchev–Trinajstić information content (AvgIpc) is 2.91. The van der Waals surface area contributed by atoms with Gasteiger partial charge in [0.15, 0.2) is 0 Å². The van der Waals surface area contributed by atoms with E-state index in [0.717, 1.165) is 42.0 Å². The maximum atomic E-state index is 13.2. The summed E-state index contributed by atoms with van der Waals surface area (Å²) in [4.78, 5) is 21.1. The van der Waals surface area contributed by atoms with E-state index >= 15 is 0 Å². The van der Waals surface area contributed by atoms with Crippen molar-refractivity contribution >= 4 is 16.9 Å². The second kappa shape index (κ2) is 4.87. The Balaban J connectivity index is 1.35. The minimum atomic E-state index is -0.144. The van der Waals surface area contributed by atoms with Gasteiger partial charge in [-0.2, -0.15) is 0 Å². The zero-order chi connectivity index (χ0) is 17.3. The normalized spacial score (nSPS) is 39.0. The lowest BCUT2D eigenvalue weighted by molar-refractivity contribution is -0.170. The highest BCUT2D eigenvalue weighted by Crippen LogP contribution is 2.69. The Morgan fingerprint density at radius 2 is 1.88 bits per heavy atom. The average molecular weight is 337 g/mol. The third-order valence-corrected chi connectivity index (χ3v) is 6.96. The lowest BCUT2D eigenvalue weighted by Crippen LogP contribution is -2.59. The summed E-state index contributed by atoms with van der Waals surface area (Å²) in [6, 6.07) is 8.01. The van der Waals surface area contributed by atoms with E-state index in [2.05, 4.69) is 29.1 Å². The van der Waals surface area contributed by atoms with Crippen molar-refractivity contribution in [3.05, 3.63) is 30.1 Å². The molecule has 2 atom stereocenters. The van der Waals surface area contributed by atoms with E-state index in [0.29, 0.717) is 17.4 Å². The van der Waals surface area contributed by atoms with E-state index < -0.39 is 0 Å². The molecule has 4 aliphatic carbocycles. The van der Waals surface area contributed by atoms with Crippen LogP contribution in [0.3, 0.4) is 0 Å². The Bertz CT molecular complexity index is 803. The molecule has 132 valence electrons. The highest BCUT2D eigenvalue weighted by atomic mass is 16.2. The summed E-state index contributed by atoms with van der Waals surface area (Å²) in [7, 11) is 0. The number of carbonyl (C=O) groups excluding carboxylic acids is 1. The molecule has 0 spiro atoms. The zero-order valence-corrected chi connectivity index (χ0v) is 15.2. The number of benzene rings is 1. The van der Waals surface area contributed by atoms with Crippen LogP contribution in [-0.4, -0.2) is 15.9 Å². The van der Waals surface area contributed by atoms with Crippen LogP contribution in [0.15, 0.2) is 24.3 Å². The van der Waals surface area contributed by atoms with Crippen LogP contribution < -0.4 is 5.32 Å². The van der Waals surface area contributed by atoms with E-state index in [1.165, 1.54) is 19.3 Å². The van der Waals surface area contributed by atoms with Gasteiger partial charge < -0.3 is 10.3 Å². The van der Waals surface area contributed by atoms with Gasteiger partial charge in [-0.1, -0.05) is 26.0 Å². The predicted molar refractivity (Wildman–Crippen MR) is 97.8 cm³/mol. The standard InChI is InChI=1S/C21H27N3O/c1-19-7-14-8-20(2,11-19)13-21(9-14,12-19)18(25)22-10-17-23-15-5-3-4-6-16(15)24-17/h3-6,14H,7-13H2,1-2H3,(H,22,25)(H,23,24). The summed E-state index contributed by atoms with van der Waals surface area (Å²) in [5.74, 6) is 1.84. The van der Waals surface area contributed by atoms with Crippen molar-refractivity contribution in [1.82, 2.24) is 15.3 Å². The van der Waals surface area contributed by atoms with Crippen molar-refractivity contribution < 1.29 is 4.79 Å². The van der Waals surface area contributed by atoms with Crippen LogP contribution in [0.5, 0.6) is 0 Å². The molecule has 2 unspecified atom stereocenters. The Kier molecular flexibility index (Phi) is 3.00. The third-order valence-electron chi connectivity index (χ3n) is 6.96. The molecule has 1 aromatic carbocycles. The molecule has 2 N–H and O–H groups in total. The SMILES string of the molecule is CC12CC3CC(C)(C1)CC(C(=O)NCc1nc4ccccc4[nH]1)(C3)C2. The molecule has 1 aromatic heterocycles. The third kappa shape index (κ3) is 2.41. The van der Waals surface area contributed by atoms with Gasteiger partial charge in [0, 0.05) is 0 Å². The number of amides is 1. The number of H-pyrrole nitrogens is 1. The largest absolute Gasteiger partial charge is 0.348 e. The van der Waals surface area contributed by atoms with Gasteiger partial charge in [-0.15, -0.1) is 0 Å². The van der Waals surface area contributed by atoms with Crippen molar-refractivity contribution in [3.63, 3.8) is 0 Å². The van der Waals surface area contributed by atoms with Crippen LogP contribution in [0.2, 0.25) is 0 Å². The van der Waals surface area contributed by atoms with E-state index in [4.69, 9.17) is 0 Å². The number of rotatable bonds is 3. The Labute approximate surface area is 148 Å². The molecule has 4 bridgehead atoms. The number of para-hydroxylation sites is 2. The molecule has 4 nitrogen and oxygen atoms in total. The number of nitrogens with zero attached hydrogens (tertiary/aromatic N) is 1. The first kappa shape index (κ1) is 15.4. The summed E-state index contributed by atoms with van der Waals surface area (Å²) < 4.78 is 0. The van der Waals surface area contributed by atoms with Gasteiger partial charge in [0.1, 0.15) is 5.82 Å². The topological polar surface area (TPSA) is 57.8 Å².